The molecule has 2 aromatic rings. The van der Waals surface area contributed by atoms with Crippen molar-refractivity contribution in [3.8, 4) is 5.75 Å². The summed E-state index contributed by atoms with van der Waals surface area (Å²) in [6, 6.07) is 12.2. The van der Waals surface area contributed by atoms with Gasteiger partial charge in [-0.3, -0.25) is 14.6 Å². The monoisotopic (exact) mass is 764 g/mol. The van der Waals surface area contributed by atoms with E-state index in [1.54, 1.807) is 6.07 Å². The van der Waals surface area contributed by atoms with Crippen LogP contribution in [0.2, 0.25) is 5.02 Å². The molecule has 1 spiro atoms. The van der Waals surface area contributed by atoms with E-state index in [1.165, 1.54) is 11.1 Å². The van der Waals surface area contributed by atoms with Crippen LogP contribution in [0.4, 0.5) is 5.69 Å². The molecule has 2 aliphatic carbocycles. The fourth-order valence-corrected chi connectivity index (χ4v) is 12.7. The van der Waals surface area contributed by atoms with Crippen LogP contribution in [0, 0.1) is 17.8 Å². The number of hydrogen-bond donors (Lipinski definition) is 0. The van der Waals surface area contributed by atoms with Gasteiger partial charge in [0.15, 0.2) is 0 Å². The lowest BCUT2D eigenvalue weighted by molar-refractivity contribution is -0.108. The van der Waals surface area contributed by atoms with Gasteiger partial charge in [-0.25, -0.2) is 12.7 Å². The second-order valence-electron chi connectivity index (χ2n) is 16.9. The zero-order chi connectivity index (χ0) is 36.5. The molecule has 0 aromatic heterocycles. The summed E-state index contributed by atoms with van der Waals surface area (Å²) in [6.07, 6.45) is 10.2. The Hall–Kier alpha value is -2.67. The van der Waals surface area contributed by atoms with Crippen molar-refractivity contribution in [3.05, 3.63) is 70.3 Å². The van der Waals surface area contributed by atoms with Gasteiger partial charge in [-0.2, -0.15) is 0 Å². The average Bonchev–Trinajstić information content (AvgIpc) is 3.29. The lowest BCUT2D eigenvalue weighted by Gasteiger charge is -2.53. The molecule has 286 valence electrons. The quantitative estimate of drug-likeness (QED) is 0.401. The molecule has 53 heavy (non-hydrogen) atoms. The molecule has 1 saturated carbocycles. The minimum atomic E-state index is -3.78. The van der Waals surface area contributed by atoms with E-state index >= 15 is 0 Å². The van der Waals surface area contributed by atoms with Crippen molar-refractivity contribution in [2.24, 2.45) is 17.8 Å². The number of amides is 1. The Kier molecular flexibility index (Phi) is 9.38. The van der Waals surface area contributed by atoms with Crippen LogP contribution in [0.5, 0.6) is 5.75 Å². The zero-order valence-corrected chi connectivity index (χ0v) is 32.6. The highest BCUT2D eigenvalue weighted by atomic mass is 35.5. The van der Waals surface area contributed by atoms with E-state index < -0.39 is 26.8 Å². The normalized spacial score (nSPS) is 36.2. The van der Waals surface area contributed by atoms with Crippen LogP contribution in [-0.2, 0) is 31.3 Å². The van der Waals surface area contributed by atoms with E-state index in [-0.39, 0.29) is 23.8 Å². The van der Waals surface area contributed by atoms with Crippen molar-refractivity contribution in [2.75, 3.05) is 84.2 Å². The summed E-state index contributed by atoms with van der Waals surface area (Å²) in [7, 11) is -1.92. The molecule has 6 aliphatic heterocycles. The minimum absolute atomic E-state index is 0.136. The maximum Gasteiger partial charge on any atom is 0.267 e. The van der Waals surface area contributed by atoms with Crippen molar-refractivity contribution in [1.82, 2.24) is 14.1 Å². The lowest BCUT2D eigenvalue weighted by Crippen LogP contribution is -2.62. The number of halogens is 1. The van der Waals surface area contributed by atoms with Gasteiger partial charge in [0, 0.05) is 75.0 Å². The van der Waals surface area contributed by atoms with Crippen LogP contribution in [0.1, 0.15) is 60.5 Å². The van der Waals surface area contributed by atoms with E-state index in [1.807, 2.05) is 32.2 Å². The molecule has 8 aliphatic rings. The molecule has 3 saturated heterocycles. The molecule has 0 N–H and O–H groups in total. The van der Waals surface area contributed by atoms with Crippen molar-refractivity contribution < 1.29 is 27.4 Å². The first kappa shape index (κ1) is 36.0. The van der Waals surface area contributed by atoms with Crippen molar-refractivity contribution in [3.63, 3.8) is 0 Å². The van der Waals surface area contributed by atoms with Gasteiger partial charge in [0.05, 0.1) is 32.1 Å². The van der Waals surface area contributed by atoms with Gasteiger partial charge in [-0.15, -0.1) is 0 Å². The number of benzene rings is 2. The number of nitrogens with zero attached hydrogens (tertiary/aromatic N) is 4. The Labute approximate surface area is 319 Å². The summed E-state index contributed by atoms with van der Waals surface area (Å²) in [5, 5.41) is 0.153. The predicted molar refractivity (Wildman–Crippen MR) is 205 cm³/mol. The first-order valence-electron chi connectivity index (χ1n) is 19.7. The van der Waals surface area contributed by atoms with Gasteiger partial charge in [0.1, 0.15) is 16.6 Å². The number of carbonyl (C=O) groups excluding carboxylic acids is 1. The molecular formula is C41H53ClN4O6S. The Morgan fingerprint density at radius 1 is 1.06 bits per heavy atom. The highest BCUT2D eigenvalue weighted by Crippen LogP contribution is 2.49. The maximum absolute atomic E-state index is 13.9. The number of methoxy groups -OCH3 is 1. The number of fused-ring (bicyclic) bond motifs is 6. The number of sulfonamides is 1. The number of allylic oxidation sites excluding steroid dienone is 1. The summed E-state index contributed by atoms with van der Waals surface area (Å²) in [6.45, 7) is 10.5. The molecule has 2 aromatic carbocycles. The lowest BCUT2D eigenvalue weighted by atomic mass is 9.63. The van der Waals surface area contributed by atoms with Crippen LogP contribution in [0.3, 0.4) is 0 Å². The number of anilines is 1. The minimum Gasteiger partial charge on any atom is -0.490 e. The van der Waals surface area contributed by atoms with Gasteiger partial charge in [-0.05, 0) is 97.7 Å². The highest BCUT2D eigenvalue weighted by molar-refractivity contribution is 7.91. The SMILES string of the molecule is CO[C@@]1(CN2CCN3CCOC[C@@H]3C2)/C=C/C[C@H](C)[C@H]2CN(C(=O)c3ccc4c(c3)N(C[C@@H]3CCC31)C[C@@]1(CCCc3cc(Cl)ccc31)CO4)S2(=O)=O. The topological polar surface area (TPSA) is 91.9 Å². The summed E-state index contributed by atoms with van der Waals surface area (Å²) >= 11 is 6.52. The molecule has 1 amide bonds. The van der Waals surface area contributed by atoms with Crippen LogP contribution >= 0.6 is 11.6 Å². The molecule has 4 bridgehead atoms. The average molecular weight is 765 g/mol. The first-order chi connectivity index (χ1) is 25.6. The molecule has 4 fully saturated rings. The summed E-state index contributed by atoms with van der Waals surface area (Å²) in [5.74, 6) is 0.751. The molecule has 1 unspecified atom stereocenters. The van der Waals surface area contributed by atoms with Crippen LogP contribution in [0.15, 0.2) is 48.6 Å². The van der Waals surface area contributed by atoms with Crippen molar-refractivity contribution in [1.29, 1.82) is 0 Å². The number of piperazine rings is 1. The number of aryl methyl sites for hydroxylation is 1. The number of carbonyl (C=O) groups is 1. The van der Waals surface area contributed by atoms with Crippen LogP contribution in [-0.4, -0.2) is 125 Å². The highest BCUT2D eigenvalue weighted by Gasteiger charge is 2.52. The smallest absolute Gasteiger partial charge is 0.267 e. The third-order valence-electron chi connectivity index (χ3n) is 14.0. The van der Waals surface area contributed by atoms with E-state index in [9.17, 15) is 13.2 Å². The molecule has 6 heterocycles. The van der Waals surface area contributed by atoms with E-state index in [2.05, 4.69) is 39.0 Å². The fourth-order valence-electron chi connectivity index (χ4n) is 10.7. The van der Waals surface area contributed by atoms with E-state index in [0.717, 1.165) is 112 Å². The van der Waals surface area contributed by atoms with E-state index in [0.29, 0.717) is 30.6 Å². The molecular weight excluding hydrogens is 712 g/mol. The zero-order valence-electron chi connectivity index (χ0n) is 31.1. The molecule has 0 radical (unpaired) electrons. The van der Waals surface area contributed by atoms with Crippen LogP contribution in [0.25, 0.3) is 0 Å². The summed E-state index contributed by atoms with van der Waals surface area (Å²) < 4.78 is 47.9. The third kappa shape index (κ3) is 6.22. The van der Waals surface area contributed by atoms with Crippen molar-refractivity contribution in [2.45, 2.75) is 67.8 Å². The van der Waals surface area contributed by atoms with Gasteiger partial charge in [0.2, 0.25) is 10.0 Å². The second kappa shape index (κ2) is 13.8. The van der Waals surface area contributed by atoms with Gasteiger partial charge in [0.25, 0.3) is 5.91 Å². The number of hydrogen-bond acceptors (Lipinski definition) is 9. The second-order valence-corrected chi connectivity index (χ2v) is 19.4. The van der Waals surface area contributed by atoms with Crippen LogP contribution < -0.4 is 9.64 Å². The Bertz CT molecular complexity index is 1890. The summed E-state index contributed by atoms with van der Waals surface area (Å²) in [4.78, 5) is 21.5. The van der Waals surface area contributed by atoms with Gasteiger partial charge < -0.3 is 19.1 Å². The van der Waals surface area contributed by atoms with E-state index in [4.69, 9.17) is 25.8 Å². The van der Waals surface area contributed by atoms with Gasteiger partial charge >= 0.3 is 0 Å². The molecule has 10 nitrogen and oxygen atoms in total. The Balaban J connectivity index is 1.11. The number of morpholine rings is 1. The van der Waals surface area contributed by atoms with Crippen molar-refractivity contribution >= 4 is 33.2 Å². The number of rotatable bonds is 3. The molecule has 10 rings (SSSR count). The molecule has 12 heteroatoms. The Morgan fingerprint density at radius 3 is 2.75 bits per heavy atom. The third-order valence-corrected chi connectivity index (χ3v) is 16.5. The molecule has 7 atom stereocenters. The summed E-state index contributed by atoms with van der Waals surface area (Å²) in [5.41, 5.74) is 3.03. The maximum atomic E-state index is 13.9. The fraction of sp³-hybridized carbons (Fsp3) is 0.634. The van der Waals surface area contributed by atoms with Gasteiger partial charge in [-0.1, -0.05) is 36.7 Å². The largest absolute Gasteiger partial charge is 0.490 e. The predicted octanol–water partition coefficient (Wildman–Crippen LogP) is 4.99. The number of ether oxygens (including phenoxy) is 3. The standard InChI is InChI=1S/C41H53ClN4O6S/c1-28-5-3-14-41(50-2,26-43-15-16-44-17-18-51-24-33(44)22-43)35-10-7-31(35)21-45-25-40(13-4-6-29-19-32(42)9-11-34(29)40)27-52-37-12-8-30(20-36(37)45)39(47)46-23-38(28)53(46,48)49/h3,8-9,11-12,14,19-20,28,31,33,35,38H,4-7,10,13,15-18,21-27H2,1-2H3/b14-3+/t28-,31-,33-,35?,38+,40-,41+/m0/s1. The Morgan fingerprint density at radius 2 is 1.94 bits per heavy atom. The first-order valence-corrected chi connectivity index (χ1v) is 21.6.